The number of benzene rings is 1. The number of hydrogen-bond acceptors (Lipinski definition) is 4. The molecule has 0 saturated heterocycles. The SMILES string of the molecule is CC.CC.COC(=O)c1ccc(O)c(OC)c1. The van der Waals surface area contributed by atoms with E-state index in [1.165, 1.54) is 32.4 Å². The fraction of sp³-hybridized carbons (Fsp3) is 0.462. The van der Waals surface area contributed by atoms with E-state index in [2.05, 4.69) is 4.74 Å². The van der Waals surface area contributed by atoms with Crippen LogP contribution in [0.25, 0.3) is 0 Å². The molecule has 0 aliphatic carbocycles. The van der Waals surface area contributed by atoms with E-state index in [9.17, 15) is 9.90 Å². The highest BCUT2D eigenvalue weighted by atomic mass is 16.5. The normalized spacial score (nSPS) is 7.88. The summed E-state index contributed by atoms with van der Waals surface area (Å²) in [6, 6.07) is 4.26. The zero-order valence-electron chi connectivity index (χ0n) is 11.4. The van der Waals surface area contributed by atoms with Crippen LogP contribution in [0.2, 0.25) is 0 Å². The van der Waals surface area contributed by atoms with Gasteiger partial charge in [0.05, 0.1) is 19.8 Å². The molecular weight excluding hydrogens is 220 g/mol. The van der Waals surface area contributed by atoms with Crippen LogP contribution < -0.4 is 4.74 Å². The van der Waals surface area contributed by atoms with Crippen molar-refractivity contribution in [3.8, 4) is 11.5 Å². The predicted molar refractivity (Wildman–Crippen MR) is 68.7 cm³/mol. The summed E-state index contributed by atoms with van der Waals surface area (Å²) in [5.74, 6) is -0.212. The van der Waals surface area contributed by atoms with Crippen molar-refractivity contribution in [1.82, 2.24) is 0 Å². The Labute approximate surface area is 103 Å². The predicted octanol–water partition coefficient (Wildman–Crippen LogP) is 3.24. The van der Waals surface area contributed by atoms with Gasteiger partial charge in [0.1, 0.15) is 0 Å². The van der Waals surface area contributed by atoms with Crippen LogP contribution in [0.4, 0.5) is 0 Å². The third-order valence-corrected chi connectivity index (χ3v) is 1.60. The van der Waals surface area contributed by atoms with E-state index in [4.69, 9.17) is 4.74 Å². The Hall–Kier alpha value is -1.71. The molecule has 1 rings (SSSR count). The summed E-state index contributed by atoms with van der Waals surface area (Å²) in [6.07, 6.45) is 0. The lowest BCUT2D eigenvalue weighted by molar-refractivity contribution is 0.0600. The maximum absolute atomic E-state index is 11.0. The number of ether oxygens (including phenoxy) is 2. The van der Waals surface area contributed by atoms with E-state index in [1.54, 1.807) is 0 Å². The van der Waals surface area contributed by atoms with E-state index < -0.39 is 5.97 Å². The van der Waals surface area contributed by atoms with Gasteiger partial charge in [0.2, 0.25) is 0 Å². The molecule has 0 unspecified atom stereocenters. The molecule has 0 aromatic heterocycles. The first-order valence-electron chi connectivity index (χ1n) is 5.64. The molecule has 98 valence electrons. The first kappa shape index (κ1) is 17.7. The van der Waals surface area contributed by atoms with Crippen molar-refractivity contribution in [2.24, 2.45) is 0 Å². The highest BCUT2D eigenvalue weighted by Crippen LogP contribution is 2.26. The van der Waals surface area contributed by atoms with Gasteiger partial charge < -0.3 is 14.6 Å². The standard InChI is InChI=1S/C9H10O4.2C2H6/c1-12-8-5-6(9(11)13-2)3-4-7(8)10;2*1-2/h3-5,10H,1-2H3;2*1-2H3. The van der Waals surface area contributed by atoms with Crippen LogP contribution in [0.3, 0.4) is 0 Å². The smallest absolute Gasteiger partial charge is 0.337 e. The molecule has 0 radical (unpaired) electrons. The number of carbonyl (C=O) groups is 1. The van der Waals surface area contributed by atoms with Gasteiger partial charge >= 0.3 is 5.97 Å². The third-order valence-electron chi connectivity index (χ3n) is 1.60. The van der Waals surface area contributed by atoms with Gasteiger partial charge in [-0.2, -0.15) is 0 Å². The Bertz CT molecular complexity index is 321. The average molecular weight is 242 g/mol. The van der Waals surface area contributed by atoms with Crippen molar-refractivity contribution in [2.45, 2.75) is 27.7 Å². The van der Waals surface area contributed by atoms with Crippen LogP contribution >= 0.6 is 0 Å². The number of rotatable bonds is 2. The quantitative estimate of drug-likeness (QED) is 0.809. The van der Waals surface area contributed by atoms with Gasteiger partial charge in [-0.15, -0.1) is 0 Å². The number of phenols is 1. The van der Waals surface area contributed by atoms with Gasteiger partial charge in [-0.3, -0.25) is 0 Å². The monoisotopic (exact) mass is 242 g/mol. The molecule has 0 saturated carbocycles. The van der Waals surface area contributed by atoms with Crippen molar-refractivity contribution < 1.29 is 19.4 Å². The van der Waals surface area contributed by atoms with Crippen molar-refractivity contribution in [3.63, 3.8) is 0 Å². The molecule has 0 amide bonds. The van der Waals surface area contributed by atoms with Gasteiger partial charge in [0.15, 0.2) is 11.5 Å². The second-order valence-corrected chi connectivity index (χ2v) is 2.38. The average Bonchev–Trinajstić information content (AvgIpc) is 2.43. The highest BCUT2D eigenvalue weighted by Gasteiger charge is 2.08. The summed E-state index contributed by atoms with van der Waals surface area (Å²) >= 11 is 0. The first-order chi connectivity index (χ1) is 8.19. The zero-order chi connectivity index (χ0) is 13.8. The van der Waals surface area contributed by atoms with Crippen LogP contribution in [0.5, 0.6) is 11.5 Å². The zero-order valence-corrected chi connectivity index (χ0v) is 11.4. The Morgan fingerprint density at radius 1 is 1.12 bits per heavy atom. The maximum Gasteiger partial charge on any atom is 0.337 e. The summed E-state index contributed by atoms with van der Waals surface area (Å²) in [4.78, 5) is 11.0. The number of phenolic OH excluding ortho intramolecular Hbond substituents is 1. The molecule has 1 aromatic carbocycles. The second kappa shape index (κ2) is 10.8. The van der Waals surface area contributed by atoms with E-state index in [-0.39, 0.29) is 11.5 Å². The Morgan fingerprint density at radius 3 is 2.06 bits per heavy atom. The molecule has 1 N–H and O–H groups in total. The van der Waals surface area contributed by atoms with Crippen LogP contribution in [0.1, 0.15) is 38.1 Å². The van der Waals surface area contributed by atoms with E-state index >= 15 is 0 Å². The van der Waals surface area contributed by atoms with Crippen molar-refractivity contribution in [2.75, 3.05) is 14.2 Å². The summed E-state index contributed by atoms with van der Waals surface area (Å²) in [5.41, 5.74) is 0.345. The number of aromatic hydroxyl groups is 1. The lowest BCUT2D eigenvalue weighted by Crippen LogP contribution is -2.01. The van der Waals surface area contributed by atoms with Crippen molar-refractivity contribution in [1.29, 1.82) is 0 Å². The lowest BCUT2D eigenvalue weighted by Gasteiger charge is -2.04. The molecule has 4 nitrogen and oxygen atoms in total. The van der Waals surface area contributed by atoms with E-state index in [1.807, 2.05) is 27.7 Å². The molecule has 0 spiro atoms. The fourth-order valence-corrected chi connectivity index (χ4v) is 0.922. The minimum absolute atomic E-state index is 0.00449. The molecule has 0 bridgehead atoms. The van der Waals surface area contributed by atoms with Crippen LogP contribution in [0, 0.1) is 0 Å². The second-order valence-electron chi connectivity index (χ2n) is 2.38. The third kappa shape index (κ3) is 5.80. The number of carbonyl (C=O) groups excluding carboxylic acids is 1. The largest absolute Gasteiger partial charge is 0.504 e. The summed E-state index contributed by atoms with van der Waals surface area (Å²) in [5, 5.41) is 9.21. The fourth-order valence-electron chi connectivity index (χ4n) is 0.922. The van der Waals surface area contributed by atoms with Crippen LogP contribution in [-0.4, -0.2) is 25.3 Å². The molecule has 0 heterocycles. The van der Waals surface area contributed by atoms with Crippen LogP contribution in [0.15, 0.2) is 18.2 Å². The highest BCUT2D eigenvalue weighted by molar-refractivity contribution is 5.90. The Balaban J connectivity index is 0. The molecule has 0 fully saturated rings. The minimum atomic E-state index is -0.460. The molecule has 0 aliphatic rings. The van der Waals surface area contributed by atoms with Gasteiger partial charge in [-0.1, -0.05) is 27.7 Å². The van der Waals surface area contributed by atoms with Crippen molar-refractivity contribution >= 4 is 5.97 Å². The number of esters is 1. The lowest BCUT2D eigenvalue weighted by atomic mass is 10.2. The minimum Gasteiger partial charge on any atom is -0.504 e. The summed E-state index contributed by atoms with van der Waals surface area (Å²) in [6.45, 7) is 8.00. The summed E-state index contributed by atoms with van der Waals surface area (Å²) < 4.78 is 9.32. The van der Waals surface area contributed by atoms with Gasteiger partial charge in [-0.25, -0.2) is 4.79 Å². The Kier molecular flexibility index (Phi) is 11.2. The van der Waals surface area contributed by atoms with Gasteiger partial charge in [0.25, 0.3) is 0 Å². The molecule has 17 heavy (non-hydrogen) atoms. The maximum atomic E-state index is 11.0. The van der Waals surface area contributed by atoms with Crippen molar-refractivity contribution in [3.05, 3.63) is 23.8 Å². The molecule has 0 atom stereocenters. The van der Waals surface area contributed by atoms with E-state index in [0.717, 1.165) is 0 Å². The summed E-state index contributed by atoms with van der Waals surface area (Å²) in [7, 11) is 2.71. The number of hydrogen-bond donors (Lipinski definition) is 1. The number of methoxy groups -OCH3 is 2. The van der Waals surface area contributed by atoms with Gasteiger partial charge in [-0.05, 0) is 18.2 Å². The van der Waals surface area contributed by atoms with E-state index in [0.29, 0.717) is 5.56 Å². The van der Waals surface area contributed by atoms with Gasteiger partial charge in [0, 0.05) is 0 Å². The van der Waals surface area contributed by atoms with Crippen LogP contribution in [-0.2, 0) is 4.74 Å². The first-order valence-corrected chi connectivity index (χ1v) is 5.64. The topological polar surface area (TPSA) is 55.8 Å². The molecular formula is C13H22O4. The molecule has 4 heteroatoms. The Morgan fingerprint density at radius 2 is 1.65 bits per heavy atom. The molecule has 1 aromatic rings. The molecule has 0 aliphatic heterocycles.